The zero-order chi connectivity index (χ0) is 22.4. The molecule has 1 aliphatic rings. The van der Waals surface area contributed by atoms with Crippen LogP contribution in [0.5, 0.6) is 0 Å². The van der Waals surface area contributed by atoms with Gasteiger partial charge in [-0.05, 0) is 50.1 Å². The van der Waals surface area contributed by atoms with E-state index >= 15 is 0 Å². The van der Waals surface area contributed by atoms with Crippen LogP contribution in [0.25, 0.3) is 5.57 Å². The van der Waals surface area contributed by atoms with Gasteiger partial charge in [0, 0.05) is 31.5 Å². The molecule has 2 aromatic rings. The molecule has 162 valence electrons. The van der Waals surface area contributed by atoms with Gasteiger partial charge in [-0.25, -0.2) is 0 Å². The topological polar surface area (TPSA) is 87.7 Å². The number of rotatable bonds is 9. The lowest BCUT2D eigenvalue weighted by Gasteiger charge is -2.16. The number of benzene rings is 2. The van der Waals surface area contributed by atoms with Gasteiger partial charge in [-0.3, -0.25) is 19.3 Å². The Morgan fingerprint density at radius 1 is 0.968 bits per heavy atom. The molecule has 0 saturated heterocycles. The van der Waals surface area contributed by atoms with E-state index in [1.807, 2.05) is 44.2 Å². The fraction of sp³-hybridized carbons (Fsp3) is 0.292. The monoisotopic (exact) mass is 421 g/mol. The van der Waals surface area contributed by atoms with Gasteiger partial charge in [0.1, 0.15) is 5.70 Å². The average molecular weight is 421 g/mol. The van der Waals surface area contributed by atoms with Crippen LogP contribution in [-0.4, -0.2) is 41.9 Å². The van der Waals surface area contributed by atoms with Gasteiger partial charge in [0.05, 0.1) is 11.7 Å². The quantitative estimate of drug-likeness (QED) is 0.477. The number of para-hydroxylation sites is 1. The standard InChI is InChI=1S/C24H27N3O4/c1-16(2)31-15-7-14-27-23(29)21(18-10-12-20(13-11-18)25-17(3)28)22(24(27)30)26-19-8-5-4-6-9-19/h4-6,8-13,16,26H,7,14-15H2,1-3H3,(H,25,28). The number of anilines is 2. The van der Waals surface area contributed by atoms with Gasteiger partial charge in [0.15, 0.2) is 0 Å². The highest BCUT2D eigenvalue weighted by Gasteiger charge is 2.38. The molecule has 7 nitrogen and oxygen atoms in total. The van der Waals surface area contributed by atoms with Crippen LogP contribution in [0.15, 0.2) is 60.3 Å². The van der Waals surface area contributed by atoms with Crippen LogP contribution < -0.4 is 10.6 Å². The zero-order valence-corrected chi connectivity index (χ0v) is 18.0. The molecule has 1 aliphatic heterocycles. The number of hydrogen-bond acceptors (Lipinski definition) is 5. The number of carbonyl (C=O) groups is 3. The van der Waals surface area contributed by atoms with Crippen LogP contribution in [0.1, 0.15) is 32.8 Å². The molecule has 3 rings (SSSR count). The summed E-state index contributed by atoms with van der Waals surface area (Å²) in [5.74, 6) is -0.889. The van der Waals surface area contributed by atoms with E-state index in [4.69, 9.17) is 4.74 Å². The van der Waals surface area contributed by atoms with Crippen LogP contribution >= 0.6 is 0 Å². The third-order valence-electron chi connectivity index (χ3n) is 4.68. The van der Waals surface area contributed by atoms with Crippen molar-refractivity contribution in [3.8, 4) is 0 Å². The summed E-state index contributed by atoms with van der Waals surface area (Å²) < 4.78 is 5.54. The molecule has 0 bridgehead atoms. The SMILES string of the molecule is CC(=O)Nc1ccc(C2=C(Nc3ccccc3)C(=O)N(CCCOC(C)C)C2=O)cc1. The third kappa shape index (κ3) is 5.58. The molecule has 0 saturated carbocycles. The summed E-state index contributed by atoms with van der Waals surface area (Å²) in [6, 6.07) is 16.1. The third-order valence-corrected chi connectivity index (χ3v) is 4.68. The van der Waals surface area contributed by atoms with E-state index < -0.39 is 0 Å². The highest BCUT2D eigenvalue weighted by Crippen LogP contribution is 2.31. The summed E-state index contributed by atoms with van der Waals surface area (Å²) >= 11 is 0. The van der Waals surface area contributed by atoms with Crippen LogP contribution in [0, 0.1) is 0 Å². The minimum atomic E-state index is -0.362. The lowest BCUT2D eigenvalue weighted by molar-refractivity contribution is -0.137. The first-order valence-electron chi connectivity index (χ1n) is 10.3. The molecule has 0 fully saturated rings. The van der Waals surface area contributed by atoms with E-state index in [9.17, 15) is 14.4 Å². The van der Waals surface area contributed by atoms with E-state index in [1.165, 1.54) is 11.8 Å². The van der Waals surface area contributed by atoms with Crippen LogP contribution in [0.4, 0.5) is 11.4 Å². The van der Waals surface area contributed by atoms with Crippen molar-refractivity contribution in [3.05, 3.63) is 65.9 Å². The minimum Gasteiger partial charge on any atom is -0.379 e. The first kappa shape index (κ1) is 22.2. The van der Waals surface area contributed by atoms with E-state index in [1.54, 1.807) is 24.3 Å². The summed E-state index contributed by atoms with van der Waals surface area (Å²) in [4.78, 5) is 38.9. The average Bonchev–Trinajstić information content (AvgIpc) is 2.96. The lowest BCUT2D eigenvalue weighted by Crippen LogP contribution is -2.34. The number of imide groups is 1. The summed E-state index contributed by atoms with van der Waals surface area (Å²) in [5, 5.41) is 5.82. The normalized spacial score (nSPS) is 13.9. The second-order valence-electron chi connectivity index (χ2n) is 7.53. The summed E-state index contributed by atoms with van der Waals surface area (Å²) in [5.41, 5.74) is 2.50. The van der Waals surface area contributed by atoms with Crippen LogP contribution in [0.3, 0.4) is 0 Å². The van der Waals surface area contributed by atoms with Gasteiger partial charge < -0.3 is 15.4 Å². The van der Waals surface area contributed by atoms with Gasteiger partial charge in [-0.2, -0.15) is 0 Å². The fourth-order valence-electron chi connectivity index (χ4n) is 3.29. The molecule has 0 atom stereocenters. The van der Waals surface area contributed by atoms with Crippen molar-refractivity contribution in [2.24, 2.45) is 0 Å². The Bertz CT molecular complexity index is 982. The molecule has 2 aromatic carbocycles. The molecule has 31 heavy (non-hydrogen) atoms. The molecular formula is C24H27N3O4. The number of hydrogen-bond donors (Lipinski definition) is 2. The van der Waals surface area contributed by atoms with E-state index in [-0.39, 0.29) is 36.1 Å². The summed E-state index contributed by atoms with van der Waals surface area (Å²) in [6.07, 6.45) is 0.652. The number of ether oxygens (including phenoxy) is 1. The van der Waals surface area contributed by atoms with Gasteiger partial charge in [0.25, 0.3) is 11.8 Å². The van der Waals surface area contributed by atoms with Crippen molar-refractivity contribution in [3.63, 3.8) is 0 Å². The van der Waals surface area contributed by atoms with E-state index in [2.05, 4.69) is 10.6 Å². The molecule has 0 aromatic heterocycles. The minimum absolute atomic E-state index is 0.0936. The van der Waals surface area contributed by atoms with Gasteiger partial charge in [-0.15, -0.1) is 0 Å². The summed E-state index contributed by atoms with van der Waals surface area (Å²) in [7, 11) is 0. The Hall–Kier alpha value is -3.45. The van der Waals surface area contributed by atoms with Crippen molar-refractivity contribution in [2.45, 2.75) is 33.3 Å². The summed E-state index contributed by atoms with van der Waals surface area (Å²) in [6.45, 7) is 6.06. The number of amides is 3. The molecule has 0 radical (unpaired) electrons. The van der Waals surface area contributed by atoms with Gasteiger partial charge in [-0.1, -0.05) is 30.3 Å². The van der Waals surface area contributed by atoms with E-state index in [0.717, 1.165) is 5.69 Å². The maximum Gasteiger partial charge on any atom is 0.278 e. The maximum atomic E-state index is 13.2. The van der Waals surface area contributed by atoms with Gasteiger partial charge >= 0.3 is 0 Å². The van der Waals surface area contributed by atoms with Crippen molar-refractivity contribution in [2.75, 3.05) is 23.8 Å². The highest BCUT2D eigenvalue weighted by molar-refractivity contribution is 6.36. The second-order valence-corrected chi connectivity index (χ2v) is 7.53. The molecule has 0 spiro atoms. The Balaban J connectivity index is 1.88. The number of carbonyl (C=O) groups excluding carboxylic acids is 3. The molecule has 3 amide bonds. The Kier molecular flexibility index (Phi) is 7.20. The molecule has 0 unspecified atom stereocenters. The van der Waals surface area contributed by atoms with E-state index in [0.29, 0.717) is 29.9 Å². The van der Waals surface area contributed by atoms with Crippen LogP contribution in [-0.2, 0) is 19.1 Å². The first-order chi connectivity index (χ1) is 14.9. The van der Waals surface area contributed by atoms with Gasteiger partial charge in [0.2, 0.25) is 5.91 Å². The molecule has 2 N–H and O–H groups in total. The highest BCUT2D eigenvalue weighted by atomic mass is 16.5. The first-order valence-corrected chi connectivity index (χ1v) is 10.3. The molecule has 1 heterocycles. The number of nitrogens with zero attached hydrogens (tertiary/aromatic N) is 1. The van der Waals surface area contributed by atoms with Crippen molar-refractivity contribution < 1.29 is 19.1 Å². The maximum absolute atomic E-state index is 13.2. The van der Waals surface area contributed by atoms with Crippen molar-refractivity contribution in [1.29, 1.82) is 0 Å². The Labute approximate surface area is 182 Å². The largest absolute Gasteiger partial charge is 0.379 e. The molecule has 7 heteroatoms. The predicted octanol–water partition coefficient (Wildman–Crippen LogP) is 3.65. The Morgan fingerprint density at radius 2 is 1.65 bits per heavy atom. The molecule has 0 aliphatic carbocycles. The predicted molar refractivity (Wildman–Crippen MR) is 120 cm³/mol. The second kappa shape index (κ2) is 10.0. The van der Waals surface area contributed by atoms with Crippen LogP contribution in [0.2, 0.25) is 0 Å². The fourth-order valence-corrected chi connectivity index (χ4v) is 3.29. The lowest BCUT2D eigenvalue weighted by atomic mass is 10.0. The zero-order valence-electron chi connectivity index (χ0n) is 18.0. The Morgan fingerprint density at radius 3 is 2.26 bits per heavy atom. The molecular weight excluding hydrogens is 394 g/mol. The smallest absolute Gasteiger partial charge is 0.278 e. The van der Waals surface area contributed by atoms with Crippen molar-refractivity contribution in [1.82, 2.24) is 4.90 Å². The van der Waals surface area contributed by atoms with Crippen molar-refractivity contribution >= 4 is 34.7 Å². The number of nitrogens with one attached hydrogen (secondary N) is 2.